The highest BCUT2D eigenvalue weighted by Gasteiger charge is 2.15. The lowest BCUT2D eigenvalue weighted by molar-refractivity contribution is 0.100. The molecule has 0 aliphatic carbocycles. The highest BCUT2D eigenvalue weighted by molar-refractivity contribution is 7.10. The van der Waals surface area contributed by atoms with Gasteiger partial charge in [0.15, 0.2) is 0 Å². The summed E-state index contributed by atoms with van der Waals surface area (Å²) in [7, 11) is 0. The summed E-state index contributed by atoms with van der Waals surface area (Å²) in [6.45, 7) is 0.655. The van der Waals surface area contributed by atoms with Gasteiger partial charge in [-0.15, -0.1) is 11.3 Å². The van der Waals surface area contributed by atoms with E-state index < -0.39 is 5.91 Å². The van der Waals surface area contributed by atoms with Crippen LogP contribution >= 0.6 is 11.3 Å². The van der Waals surface area contributed by atoms with Gasteiger partial charge < -0.3 is 15.5 Å². The lowest BCUT2D eigenvalue weighted by Crippen LogP contribution is -2.21. The summed E-state index contributed by atoms with van der Waals surface area (Å²) < 4.78 is 5.21. The van der Waals surface area contributed by atoms with Crippen LogP contribution < -0.4 is 11.1 Å². The zero-order chi connectivity index (χ0) is 15.4. The van der Waals surface area contributed by atoms with Crippen molar-refractivity contribution in [3.8, 4) is 0 Å². The van der Waals surface area contributed by atoms with Crippen molar-refractivity contribution in [3.05, 3.63) is 81.9 Å². The molecule has 1 unspecified atom stereocenters. The number of nitrogens with two attached hydrogens (primary N) is 1. The number of primary amides is 1. The van der Waals surface area contributed by atoms with E-state index in [4.69, 9.17) is 10.2 Å². The van der Waals surface area contributed by atoms with Crippen LogP contribution in [0.5, 0.6) is 0 Å². The van der Waals surface area contributed by atoms with Gasteiger partial charge in [-0.05, 0) is 17.7 Å². The van der Waals surface area contributed by atoms with Gasteiger partial charge >= 0.3 is 0 Å². The summed E-state index contributed by atoms with van der Waals surface area (Å²) in [4.78, 5) is 12.2. The quantitative estimate of drug-likeness (QED) is 0.733. The van der Waals surface area contributed by atoms with Crippen molar-refractivity contribution in [1.29, 1.82) is 0 Å². The minimum Gasteiger partial charge on any atom is -0.472 e. The Morgan fingerprint density at radius 2 is 2.05 bits per heavy atom. The Morgan fingerprint density at radius 1 is 1.23 bits per heavy atom. The van der Waals surface area contributed by atoms with Gasteiger partial charge in [0.25, 0.3) is 0 Å². The van der Waals surface area contributed by atoms with Gasteiger partial charge in [-0.25, -0.2) is 0 Å². The summed E-state index contributed by atoms with van der Waals surface area (Å²) in [6.07, 6.45) is 3.41. The Balaban J connectivity index is 1.77. The zero-order valence-electron chi connectivity index (χ0n) is 11.9. The highest BCUT2D eigenvalue weighted by atomic mass is 32.1. The number of benzene rings is 1. The largest absolute Gasteiger partial charge is 0.472 e. The average Bonchev–Trinajstić information content (AvgIpc) is 3.20. The summed E-state index contributed by atoms with van der Waals surface area (Å²) >= 11 is 1.53. The Hall–Kier alpha value is -2.37. The van der Waals surface area contributed by atoms with Crippen molar-refractivity contribution in [1.82, 2.24) is 5.32 Å². The molecule has 4 nitrogen and oxygen atoms in total. The van der Waals surface area contributed by atoms with Crippen molar-refractivity contribution in [2.24, 2.45) is 5.73 Å². The first-order chi connectivity index (χ1) is 10.7. The van der Waals surface area contributed by atoms with E-state index in [0.717, 1.165) is 16.0 Å². The number of carbonyl (C=O) groups is 1. The van der Waals surface area contributed by atoms with Gasteiger partial charge in [0.1, 0.15) is 0 Å². The summed E-state index contributed by atoms with van der Waals surface area (Å²) in [5.74, 6) is -0.392. The molecule has 1 aromatic carbocycles. The number of furan rings is 1. The maximum absolute atomic E-state index is 11.2. The van der Waals surface area contributed by atoms with Crippen molar-refractivity contribution in [2.45, 2.75) is 12.6 Å². The molecule has 3 rings (SSSR count). The van der Waals surface area contributed by atoms with E-state index in [1.165, 1.54) is 11.3 Å². The van der Waals surface area contributed by atoms with Crippen LogP contribution in [0.25, 0.3) is 0 Å². The van der Waals surface area contributed by atoms with E-state index in [1.807, 2.05) is 30.3 Å². The van der Waals surface area contributed by atoms with Gasteiger partial charge in [-0.3, -0.25) is 4.79 Å². The van der Waals surface area contributed by atoms with Crippen molar-refractivity contribution < 1.29 is 9.21 Å². The number of nitrogens with one attached hydrogen (secondary N) is 1. The smallest absolute Gasteiger partial charge is 0.249 e. The molecule has 5 heteroatoms. The molecule has 0 aliphatic heterocycles. The number of hydrogen-bond acceptors (Lipinski definition) is 4. The topological polar surface area (TPSA) is 68.3 Å². The molecule has 2 aromatic heterocycles. The molecule has 3 N–H and O–H groups in total. The molecule has 1 atom stereocenters. The molecule has 0 saturated carbocycles. The summed E-state index contributed by atoms with van der Waals surface area (Å²) in [5, 5.41) is 5.29. The van der Waals surface area contributed by atoms with E-state index in [9.17, 15) is 4.79 Å². The molecule has 1 amide bonds. The second-order valence-electron chi connectivity index (χ2n) is 4.95. The van der Waals surface area contributed by atoms with E-state index >= 15 is 0 Å². The lowest BCUT2D eigenvalue weighted by atomic mass is 10.0. The molecule has 0 bridgehead atoms. The van der Waals surface area contributed by atoms with Gasteiger partial charge in [0, 0.05) is 22.4 Å². The van der Waals surface area contributed by atoms with Crippen LogP contribution in [-0.4, -0.2) is 5.91 Å². The molecule has 112 valence electrons. The monoisotopic (exact) mass is 312 g/mol. The molecule has 2 heterocycles. The van der Waals surface area contributed by atoms with E-state index in [2.05, 4.69) is 17.4 Å². The minimum atomic E-state index is -0.392. The fourth-order valence-electron chi connectivity index (χ4n) is 2.32. The number of hydrogen-bond donors (Lipinski definition) is 2. The first-order valence-electron chi connectivity index (χ1n) is 6.91. The van der Waals surface area contributed by atoms with Crippen molar-refractivity contribution in [2.75, 3.05) is 0 Å². The van der Waals surface area contributed by atoms with Gasteiger partial charge in [0.05, 0.1) is 24.1 Å². The second-order valence-corrected chi connectivity index (χ2v) is 5.94. The normalized spacial score (nSPS) is 12.2. The Labute approximate surface area is 132 Å². The highest BCUT2D eigenvalue weighted by Crippen LogP contribution is 2.24. The van der Waals surface area contributed by atoms with Gasteiger partial charge in [-0.2, -0.15) is 0 Å². The molecule has 0 spiro atoms. The predicted octanol–water partition coefficient (Wildman–Crippen LogP) is 3.32. The molecule has 0 fully saturated rings. The summed E-state index contributed by atoms with van der Waals surface area (Å²) in [6, 6.07) is 14.0. The van der Waals surface area contributed by atoms with Crippen LogP contribution in [0.3, 0.4) is 0 Å². The van der Waals surface area contributed by atoms with Crippen LogP contribution in [0.2, 0.25) is 0 Å². The van der Waals surface area contributed by atoms with E-state index in [0.29, 0.717) is 12.1 Å². The lowest BCUT2D eigenvalue weighted by Gasteiger charge is -2.17. The van der Waals surface area contributed by atoms with Crippen LogP contribution in [-0.2, 0) is 6.54 Å². The average molecular weight is 312 g/mol. The molecule has 0 aliphatic rings. The van der Waals surface area contributed by atoms with E-state index in [1.54, 1.807) is 17.9 Å². The first kappa shape index (κ1) is 14.6. The van der Waals surface area contributed by atoms with Crippen LogP contribution in [0.4, 0.5) is 0 Å². The minimum absolute atomic E-state index is 0.0408. The third kappa shape index (κ3) is 3.27. The number of rotatable bonds is 6. The standard InChI is InChI=1S/C17H16N2O2S/c18-17(20)14-8-15(22-11-14)9-19-16(13-6-7-21-10-13)12-4-2-1-3-5-12/h1-8,10-11,16,19H,9H2,(H2,18,20). The fourth-order valence-corrected chi connectivity index (χ4v) is 3.14. The Kier molecular flexibility index (Phi) is 4.37. The van der Waals surface area contributed by atoms with E-state index in [-0.39, 0.29) is 6.04 Å². The zero-order valence-corrected chi connectivity index (χ0v) is 12.7. The van der Waals surface area contributed by atoms with Crippen LogP contribution in [0.1, 0.15) is 32.4 Å². The number of amides is 1. The molecule has 0 radical (unpaired) electrons. The maximum atomic E-state index is 11.2. The second kappa shape index (κ2) is 6.60. The Bertz CT molecular complexity index is 735. The third-order valence-electron chi connectivity index (χ3n) is 3.43. The third-order valence-corrected chi connectivity index (χ3v) is 4.36. The van der Waals surface area contributed by atoms with Crippen LogP contribution in [0, 0.1) is 0 Å². The molecular weight excluding hydrogens is 296 g/mol. The molecule has 22 heavy (non-hydrogen) atoms. The molecular formula is C17H16N2O2S. The number of thiophene rings is 1. The first-order valence-corrected chi connectivity index (χ1v) is 7.79. The van der Waals surface area contributed by atoms with Gasteiger partial charge in [-0.1, -0.05) is 30.3 Å². The number of carbonyl (C=O) groups excluding carboxylic acids is 1. The summed E-state index contributed by atoms with van der Waals surface area (Å²) in [5.41, 5.74) is 8.07. The van der Waals surface area contributed by atoms with Crippen molar-refractivity contribution >= 4 is 17.2 Å². The van der Waals surface area contributed by atoms with Crippen molar-refractivity contribution in [3.63, 3.8) is 0 Å². The van der Waals surface area contributed by atoms with Gasteiger partial charge in [0.2, 0.25) is 5.91 Å². The molecule has 0 saturated heterocycles. The SMILES string of the molecule is NC(=O)c1csc(CNC(c2ccccc2)c2ccoc2)c1. The predicted molar refractivity (Wildman–Crippen MR) is 86.7 cm³/mol. The Morgan fingerprint density at radius 3 is 2.68 bits per heavy atom. The fraction of sp³-hybridized carbons (Fsp3) is 0.118. The maximum Gasteiger partial charge on any atom is 0.249 e. The molecule has 3 aromatic rings. The van der Waals surface area contributed by atoms with Crippen LogP contribution in [0.15, 0.2) is 64.8 Å².